The molecule has 17 heavy (non-hydrogen) atoms. The van der Waals surface area contributed by atoms with Crippen LogP contribution in [0.15, 0.2) is 36.9 Å². The van der Waals surface area contributed by atoms with E-state index in [1.165, 1.54) is 5.56 Å². The number of benzene rings is 1. The number of rotatable bonds is 6. The lowest BCUT2D eigenvalue weighted by Crippen LogP contribution is -2.08. The van der Waals surface area contributed by atoms with Crippen molar-refractivity contribution in [1.29, 1.82) is 0 Å². The van der Waals surface area contributed by atoms with Crippen LogP contribution in [-0.2, 0) is 6.54 Å². The molecule has 0 bridgehead atoms. The van der Waals surface area contributed by atoms with Gasteiger partial charge in [-0.15, -0.1) is 0 Å². The zero-order valence-electron chi connectivity index (χ0n) is 9.71. The average molecular weight is 231 g/mol. The lowest BCUT2D eigenvalue weighted by molar-refractivity contribution is 0.685. The molecule has 0 atom stereocenters. The summed E-state index contributed by atoms with van der Waals surface area (Å²) in [7, 11) is 0. The normalized spacial score (nSPS) is 10.4. The van der Waals surface area contributed by atoms with Crippen molar-refractivity contribution < 1.29 is 0 Å². The molecule has 5 heteroatoms. The molecule has 0 spiro atoms. The van der Waals surface area contributed by atoms with Crippen LogP contribution in [-0.4, -0.2) is 27.9 Å². The minimum Gasteiger partial charge on any atom is -0.385 e. The highest BCUT2D eigenvalue weighted by Crippen LogP contribution is 2.11. The van der Waals surface area contributed by atoms with Gasteiger partial charge in [0.05, 0.1) is 6.54 Å². The molecule has 2 rings (SSSR count). The van der Waals surface area contributed by atoms with Crippen molar-refractivity contribution in [3.05, 3.63) is 42.5 Å². The third-order valence-electron chi connectivity index (χ3n) is 2.45. The molecule has 0 fully saturated rings. The first-order valence-electron chi connectivity index (χ1n) is 5.74. The Morgan fingerprint density at radius 3 is 3.06 bits per heavy atom. The zero-order valence-corrected chi connectivity index (χ0v) is 9.71. The fraction of sp³-hybridized carbons (Fsp3) is 0.333. The third kappa shape index (κ3) is 3.57. The fourth-order valence-corrected chi connectivity index (χ4v) is 1.62. The van der Waals surface area contributed by atoms with E-state index in [1.54, 1.807) is 17.3 Å². The Morgan fingerprint density at radius 2 is 2.29 bits per heavy atom. The van der Waals surface area contributed by atoms with Crippen molar-refractivity contribution in [2.45, 2.75) is 13.0 Å². The molecule has 3 N–H and O–H groups in total. The zero-order chi connectivity index (χ0) is 11.9. The highest BCUT2D eigenvalue weighted by Gasteiger charge is 1.97. The van der Waals surface area contributed by atoms with Gasteiger partial charge in [-0.2, -0.15) is 5.10 Å². The van der Waals surface area contributed by atoms with Crippen molar-refractivity contribution >= 4 is 5.69 Å². The lowest BCUT2D eigenvalue weighted by Gasteiger charge is -2.07. The smallest absolute Gasteiger partial charge is 0.137 e. The maximum Gasteiger partial charge on any atom is 0.137 e. The first-order chi connectivity index (χ1) is 8.38. The van der Waals surface area contributed by atoms with E-state index in [-0.39, 0.29) is 0 Å². The quantitative estimate of drug-likeness (QED) is 0.730. The second-order valence-corrected chi connectivity index (χ2v) is 3.86. The van der Waals surface area contributed by atoms with E-state index in [0.717, 1.165) is 25.2 Å². The number of aromatic nitrogens is 3. The first kappa shape index (κ1) is 11.6. The number of hydrogen-bond donors (Lipinski definition) is 2. The molecule has 1 aromatic heterocycles. The Hall–Kier alpha value is -1.88. The van der Waals surface area contributed by atoms with Crippen LogP contribution in [0.1, 0.15) is 12.0 Å². The molecule has 2 aromatic rings. The standard InChI is InChI=1S/C12H17N5/c13-5-2-6-15-12-4-1-3-11(7-12)8-17-10-14-9-16-17/h1,3-4,7,9-10,15H,2,5-6,8,13H2. The van der Waals surface area contributed by atoms with E-state index in [9.17, 15) is 0 Å². The third-order valence-corrected chi connectivity index (χ3v) is 2.45. The van der Waals surface area contributed by atoms with Crippen LogP contribution < -0.4 is 11.1 Å². The van der Waals surface area contributed by atoms with Gasteiger partial charge in [0.15, 0.2) is 0 Å². The van der Waals surface area contributed by atoms with Gasteiger partial charge in [-0.05, 0) is 30.7 Å². The van der Waals surface area contributed by atoms with Gasteiger partial charge in [0.1, 0.15) is 12.7 Å². The highest BCUT2D eigenvalue weighted by atomic mass is 15.3. The topological polar surface area (TPSA) is 68.8 Å². The maximum absolute atomic E-state index is 5.45. The van der Waals surface area contributed by atoms with Crippen molar-refractivity contribution in [2.75, 3.05) is 18.4 Å². The van der Waals surface area contributed by atoms with Gasteiger partial charge in [0, 0.05) is 12.2 Å². The first-order valence-corrected chi connectivity index (χ1v) is 5.74. The molecule has 0 saturated heterocycles. The second kappa shape index (κ2) is 6.00. The number of hydrogen-bond acceptors (Lipinski definition) is 4. The predicted molar refractivity (Wildman–Crippen MR) is 67.7 cm³/mol. The van der Waals surface area contributed by atoms with Crippen LogP contribution in [0.3, 0.4) is 0 Å². The molecular formula is C12H17N5. The molecule has 5 nitrogen and oxygen atoms in total. The molecule has 0 unspecified atom stereocenters. The molecule has 0 saturated carbocycles. The summed E-state index contributed by atoms with van der Waals surface area (Å²) in [6, 6.07) is 8.30. The Bertz CT molecular complexity index is 438. The molecule has 0 aliphatic rings. The molecule has 0 aliphatic heterocycles. The summed E-state index contributed by atoms with van der Waals surface area (Å²) in [5.74, 6) is 0. The van der Waals surface area contributed by atoms with Crippen LogP contribution in [0.25, 0.3) is 0 Å². The summed E-state index contributed by atoms with van der Waals surface area (Å²) >= 11 is 0. The van der Waals surface area contributed by atoms with Gasteiger partial charge in [0.2, 0.25) is 0 Å². The van der Waals surface area contributed by atoms with Crippen molar-refractivity contribution in [3.8, 4) is 0 Å². The van der Waals surface area contributed by atoms with Crippen LogP contribution in [0.5, 0.6) is 0 Å². The Morgan fingerprint density at radius 1 is 1.35 bits per heavy atom. The van der Waals surface area contributed by atoms with E-state index >= 15 is 0 Å². The van der Waals surface area contributed by atoms with Crippen molar-refractivity contribution in [1.82, 2.24) is 14.8 Å². The van der Waals surface area contributed by atoms with Crippen LogP contribution >= 0.6 is 0 Å². The largest absolute Gasteiger partial charge is 0.385 e. The molecule has 0 amide bonds. The van der Waals surface area contributed by atoms with Crippen LogP contribution in [0, 0.1) is 0 Å². The van der Waals surface area contributed by atoms with Gasteiger partial charge in [-0.25, -0.2) is 9.67 Å². The number of nitrogens with zero attached hydrogens (tertiary/aromatic N) is 3. The minimum absolute atomic E-state index is 0.714. The monoisotopic (exact) mass is 231 g/mol. The lowest BCUT2D eigenvalue weighted by atomic mass is 10.2. The Kier molecular flexibility index (Phi) is 4.10. The van der Waals surface area contributed by atoms with E-state index in [4.69, 9.17) is 5.73 Å². The van der Waals surface area contributed by atoms with Crippen LogP contribution in [0.2, 0.25) is 0 Å². The van der Waals surface area contributed by atoms with E-state index in [1.807, 2.05) is 6.07 Å². The molecule has 0 radical (unpaired) electrons. The number of anilines is 1. The summed E-state index contributed by atoms with van der Waals surface area (Å²) in [4.78, 5) is 3.92. The second-order valence-electron chi connectivity index (χ2n) is 3.86. The van der Waals surface area contributed by atoms with Gasteiger partial charge < -0.3 is 11.1 Å². The summed E-state index contributed by atoms with van der Waals surface area (Å²) in [6.45, 7) is 2.36. The van der Waals surface area contributed by atoms with Gasteiger partial charge in [-0.3, -0.25) is 0 Å². The van der Waals surface area contributed by atoms with Crippen molar-refractivity contribution in [2.24, 2.45) is 5.73 Å². The van der Waals surface area contributed by atoms with E-state index < -0.39 is 0 Å². The molecule has 1 aromatic carbocycles. The van der Waals surface area contributed by atoms with Crippen LogP contribution in [0.4, 0.5) is 5.69 Å². The summed E-state index contributed by atoms with van der Waals surface area (Å²) in [5, 5.41) is 7.43. The molecule has 0 aliphatic carbocycles. The maximum atomic E-state index is 5.45. The van der Waals surface area contributed by atoms with Gasteiger partial charge in [0.25, 0.3) is 0 Å². The average Bonchev–Trinajstić information content (AvgIpc) is 2.83. The molecule has 90 valence electrons. The highest BCUT2D eigenvalue weighted by molar-refractivity contribution is 5.45. The number of nitrogens with two attached hydrogens (primary N) is 1. The summed E-state index contributed by atoms with van der Waals surface area (Å²) in [6.07, 6.45) is 4.24. The van der Waals surface area contributed by atoms with Gasteiger partial charge in [-0.1, -0.05) is 12.1 Å². The minimum atomic E-state index is 0.714. The Labute approximate surface area is 101 Å². The summed E-state index contributed by atoms with van der Waals surface area (Å²) in [5.41, 5.74) is 7.78. The SMILES string of the molecule is NCCCNc1cccc(Cn2cncn2)c1. The van der Waals surface area contributed by atoms with E-state index in [2.05, 4.69) is 33.6 Å². The molecular weight excluding hydrogens is 214 g/mol. The van der Waals surface area contributed by atoms with Gasteiger partial charge >= 0.3 is 0 Å². The van der Waals surface area contributed by atoms with Crippen molar-refractivity contribution in [3.63, 3.8) is 0 Å². The molecule has 1 heterocycles. The summed E-state index contributed by atoms with van der Waals surface area (Å²) < 4.78 is 1.80. The Balaban J connectivity index is 1.96. The van der Waals surface area contributed by atoms with E-state index in [0.29, 0.717) is 6.54 Å². The predicted octanol–water partition coefficient (Wildman–Crippen LogP) is 1.09. The fourth-order valence-electron chi connectivity index (χ4n) is 1.62. The number of nitrogens with one attached hydrogen (secondary N) is 1.